The summed E-state index contributed by atoms with van der Waals surface area (Å²) in [7, 11) is 0. The second-order valence-electron chi connectivity index (χ2n) is 5.92. The maximum absolute atomic E-state index is 13.1. The maximum Gasteiger partial charge on any atom is 0.338 e. The number of ether oxygens (including phenoxy) is 1. The summed E-state index contributed by atoms with van der Waals surface area (Å²) in [4.78, 5) is 24.8. The van der Waals surface area contributed by atoms with Gasteiger partial charge in [-0.05, 0) is 36.8 Å². The highest BCUT2D eigenvalue weighted by Gasteiger charge is 2.33. The Balaban J connectivity index is 1.93. The topological polar surface area (TPSA) is 79.5 Å². The summed E-state index contributed by atoms with van der Waals surface area (Å²) < 4.78 is 18.3. The number of rotatable bonds is 6. The van der Waals surface area contributed by atoms with Crippen molar-refractivity contribution in [2.45, 2.75) is 13.0 Å². The second kappa shape index (κ2) is 8.35. The highest BCUT2D eigenvalue weighted by molar-refractivity contribution is 5.95. The van der Waals surface area contributed by atoms with E-state index in [1.54, 1.807) is 19.1 Å². The zero-order valence-electron chi connectivity index (χ0n) is 14.8. The highest BCUT2D eigenvalue weighted by atomic mass is 19.1. The average molecular weight is 369 g/mol. The number of hydrogen-bond donors (Lipinski definition) is 3. The Morgan fingerprint density at radius 1 is 1.15 bits per heavy atom. The van der Waals surface area contributed by atoms with Gasteiger partial charge >= 0.3 is 12.0 Å². The van der Waals surface area contributed by atoms with Gasteiger partial charge in [-0.15, -0.1) is 0 Å². The third-order valence-corrected chi connectivity index (χ3v) is 4.10. The lowest BCUT2D eigenvalue weighted by atomic mass is 9.95. The first-order valence-corrected chi connectivity index (χ1v) is 8.60. The summed E-state index contributed by atoms with van der Waals surface area (Å²) >= 11 is 0. The van der Waals surface area contributed by atoms with Crippen LogP contribution < -0.4 is 16.0 Å². The van der Waals surface area contributed by atoms with Gasteiger partial charge in [-0.3, -0.25) is 0 Å². The van der Waals surface area contributed by atoms with Crippen LogP contribution in [-0.4, -0.2) is 25.2 Å². The Morgan fingerprint density at radius 3 is 2.52 bits per heavy atom. The maximum atomic E-state index is 13.1. The molecule has 0 fully saturated rings. The van der Waals surface area contributed by atoms with Crippen molar-refractivity contribution in [3.63, 3.8) is 0 Å². The molecule has 3 rings (SSSR count). The van der Waals surface area contributed by atoms with Crippen LogP contribution in [0.3, 0.4) is 0 Å². The third-order valence-electron chi connectivity index (χ3n) is 4.10. The number of carbonyl (C=O) groups excluding carboxylic acids is 2. The number of anilines is 1. The van der Waals surface area contributed by atoms with E-state index in [4.69, 9.17) is 4.74 Å². The fourth-order valence-corrected chi connectivity index (χ4v) is 2.86. The summed E-state index contributed by atoms with van der Waals surface area (Å²) in [5.41, 5.74) is 2.18. The van der Waals surface area contributed by atoms with Crippen molar-refractivity contribution in [3.05, 3.63) is 77.2 Å². The summed E-state index contributed by atoms with van der Waals surface area (Å²) in [6.07, 6.45) is 0. The third kappa shape index (κ3) is 4.44. The van der Waals surface area contributed by atoms with Crippen LogP contribution >= 0.6 is 0 Å². The molecule has 0 spiro atoms. The van der Waals surface area contributed by atoms with E-state index in [9.17, 15) is 14.0 Å². The first-order chi connectivity index (χ1) is 13.1. The minimum absolute atomic E-state index is 0.177. The van der Waals surface area contributed by atoms with Crippen LogP contribution in [0.15, 0.2) is 65.9 Å². The van der Waals surface area contributed by atoms with Gasteiger partial charge in [0, 0.05) is 5.69 Å². The van der Waals surface area contributed by atoms with Crippen molar-refractivity contribution in [1.29, 1.82) is 0 Å². The molecular weight excluding hydrogens is 349 g/mol. The smallest absolute Gasteiger partial charge is 0.338 e. The molecule has 2 aromatic carbocycles. The highest BCUT2D eigenvalue weighted by Crippen LogP contribution is 2.27. The lowest BCUT2D eigenvalue weighted by Gasteiger charge is -2.29. The van der Waals surface area contributed by atoms with E-state index in [1.807, 2.05) is 30.3 Å². The standard InChI is InChI=1S/C20H20FN3O3/c1-2-27-19(25)17-16(12-22-15-10-8-14(21)9-11-15)23-20(26)24-18(17)13-6-4-3-5-7-13/h3-11,18,22H,2,12H2,1H3,(H2,23,24,26)/t18-/m0/s1. The predicted octanol–water partition coefficient (Wildman–Crippen LogP) is 3.11. The minimum atomic E-state index is -0.621. The number of amides is 2. The Labute approximate surface area is 156 Å². The van der Waals surface area contributed by atoms with Crippen LogP contribution in [0.25, 0.3) is 0 Å². The van der Waals surface area contributed by atoms with Gasteiger partial charge in [0.2, 0.25) is 0 Å². The van der Waals surface area contributed by atoms with Gasteiger partial charge in [-0.25, -0.2) is 14.0 Å². The van der Waals surface area contributed by atoms with E-state index in [0.717, 1.165) is 5.56 Å². The van der Waals surface area contributed by atoms with Gasteiger partial charge in [-0.2, -0.15) is 0 Å². The average Bonchev–Trinajstić information content (AvgIpc) is 2.68. The summed E-state index contributed by atoms with van der Waals surface area (Å²) in [6, 6.07) is 14.0. The molecule has 3 N–H and O–H groups in total. The van der Waals surface area contributed by atoms with Crippen LogP contribution in [-0.2, 0) is 9.53 Å². The van der Waals surface area contributed by atoms with Crippen LogP contribution in [0.4, 0.5) is 14.9 Å². The lowest BCUT2D eigenvalue weighted by Crippen LogP contribution is -2.47. The molecule has 1 aliphatic heterocycles. The van der Waals surface area contributed by atoms with Crippen molar-refractivity contribution < 1.29 is 18.7 Å². The Kier molecular flexibility index (Phi) is 5.71. The Morgan fingerprint density at radius 2 is 1.85 bits per heavy atom. The molecule has 2 aromatic rings. The number of urea groups is 1. The van der Waals surface area contributed by atoms with Crippen molar-refractivity contribution in [1.82, 2.24) is 10.6 Å². The van der Waals surface area contributed by atoms with E-state index in [2.05, 4.69) is 16.0 Å². The molecule has 0 radical (unpaired) electrons. The molecular formula is C20H20FN3O3. The molecule has 2 amide bonds. The van der Waals surface area contributed by atoms with E-state index < -0.39 is 18.0 Å². The molecule has 0 unspecified atom stereocenters. The van der Waals surface area contributed by atoms with Crippen LogP contribution in [0.2, 0.25) is 0 Å². The number of benzene rings is 2. The Hall–Kier alpha value is -3.35. The minimum Gasteiger partial charge on any atom is -0.463 e. The molecule has 27 heavy (non-hydrogen) atoms. The molecule has 1 heterocycles. The lowest BCUT2D eigenvalue weighted by molar-refractivity contribution is -0.139. The van der Waals surface area contributed by atoms with Crippen molar-refractivity contribution in [2.75, 3.05) is 18.5 Å². The molecule has 0 aliphatic carbocycles. The van der Waals surface area contributed by atoms with Gasteiger partial charge < -0.3 is 20.7 Å². The molecule has 0 aromatic heterocycles. The predicted molar refractivity (Wildman–Crippen MR) is 99.4 cm³/mol. The summed E-state index contributed by atoms with van der Waals surface area (Å²) in [6.45, 7) is 2.12. The van der Waals surface area contributed by atoms with Crippen molar-refractivity contribution in [3.8, 4) is 0 Å². The monoisotopic (exact) mass is 369 g/mol. The quantitative estimate of drug-likeness (QED) is 0.684. The SMILES string of the molecule is CCOC(=O)C1=C(CNc2ccc(F)cc2)NC(=O)N[C@H]1c1ccccc1. The first-order valence-electron chi connectivity index (χ1n) is 8.60. The fraction of sp³-hybridized carbons (Fsp3) is 0.200. The van der Waals surface area contributed by atoms with Crippen molar-refractivity contribution >= 4 is 17.7 Å². The van der Waals surface area contributed by atoms with Crippen molar-refractivity contribution in [2.24, 2.45) is 0 Å². The molecule has 0 bridgehead atoms. The molecule has 7 heteroatoms. The van der Waals surface area contributed by atoms with Gasteiger partial charge in [0.05, 0.1) is 30.5 Å². The Bertz CT molecular complexity index is 851. The van der Waals surface area contributed by atoms with Gasteiger partial charge in [0.15, 0.2) is 0 Å². The van der Waals surface area contributed by atoms with Crippen LogP contribution in [0, 0.1) is 5.82 Å². The number of esters is 1. The van der Waals surface area contributed by atoms with Gasteiger partial charge in [0.25, 0.3) is 0 Å². The van der Waals surface area contributed by atoms with Crippen LogP contribution in [0.5, 0.6) is 0 Å². The normalized spacial score (nSPS) is 16.4. The molecule has 1 aliphatic rings. The largest absolute Gasteiger partial charge is 0.463 e. The molecule has 0 saturated carbocycles. The van der Waals surface area contributed by atoms with E-state index in [1.165, 1.54) is 12.1 Å². The molecule has 0 saturated heterocycles. The van der Waals surface area contributed by atoms with Gasteiger partial charge in [0.1, 0.15) is 5.82 Å². The van der Waals surface area contributed by atoms with Gasteiger partial charge in [-0.1, -0.05) is 30.3 Å². The van der Waals surface area contributed by atoms with Crippen LogP contribution in [0.1, 0.15) is 18.5 Å². The van der Waals surface area contributed by atoms with E-state index in [0.29, 0.717) is 17.0 Å². The number of hydrogen-bond acceptors (Lipinski definition) is 4. The zero-order chi connectivity index (χ0) is 19.2. The molecule has 140 valence electrons. The number of halogens is 1. The molecule has 1 atom stereocenters. The summed E-state index contributed by atoms with van der Waals surface area (Å²) in [5, 5.41) is 8.54. The molecule has 6 nitrogen and oxygen atoms in total. The van der Waals surface area contributed by atoms with E-state index in [-0.39, 0.29) is 19.0 Å². The fourth-order valence-electron chi connectivity index (χ4n) is 2.86. The summed E-state index contributed by atoms with van der Waals surface area (Å²) in [5.74, 6) is -0.846. The zero-order valence-corrected chi connectivity index (χ0v) is 14.8. The number of nitrogens with one attached hydrogen (secondary N) is 3. The van der Waals surface area contributed by atoms with E-state index >= 15 is 0 Å². The first kappa shape index (κ1) is 18.4. The second-order valence-corrected chi connectivity index (χ2v) is 5.92. The number of carbonyl (C=O) groups is 2.